The lowest BCUT2D eigenvalue weighted by molar-refractivity contribution is 0.271. The van der Waals surface area contributed by atoms with Gasteiger partial charge < -0.3 is 5.32 Å². The Morgan fingerprint density at radius 2 is 2.00 bits per heavy atom. The lowest BCUT2D eigenvalue weighted by atomic mass is 9.74. The zero-order chi connectivity index (χ0) is 13.1. The topological polar surface area (TPSA) is 12.0 Å². The molecule has 0 radical (unpaired) electrons. The predicted octanol–water partition coefficient (Wildman–Crippen LogP) is 4.19. The molecule has 2 aliphatic carbocycles. The van der Waals surface area contributed by atoms with Gasteiger partial charge in [0.05, 0.1) is 0 Å². The Hall–Kier alpha value is -1.08. The van der Waals surface area contributed by atoms with Crippen molar-refractivity contribution in [2.45, 2.75) is 51.0 Å². The van der Waals surface area contributed by atoms with Crippen LogP contribution in [0.3, 0.4) is 0 Å². The summed E-state index contributed by atoms with van der Waals surface area (Å²) >= 11 is 0. The first-order chi connectivity index (χ1) is 9.33. The molecule has 1 aromatic carbocycles. The quantitative estimate of drug-likeness (QED) is 0.796. The fourth-order valence-electron chi connectivity index (χ4n) is 3.46. The number of benzene rings is 1. The molecular formula is C18H25N. The fourth-order valence-corrected chi connectivity index (χ4v) is 3.46. The Labute approximate surface area is 117 Å². The van der Waals surface area contributed by atoms with Gasteiger partial charge in [-0.1, -0.05) is 36.4 Å². The molecule has 1 unspecified atom stereocenters. The smallest absolute Gasteiger partial charge is 0.00788 e. The van der Waals surface area contributed by atoms with Crippen molar-refractivity contribution in [1.29, 1.82) is 0 Å². The van der Waals surface area contributed by atoms with Gasteiger partial charge in [0, 0.05) is 6.04 Å². The van der Waals surface area contributed by atoms with Crippen molar-refractivity contribution in [3.05, 3.63) is 47.5 Å². The van der Waals surface area contributed by atoms with Crippen LogP contribution in [-0.4, -0.2) is 12.6 Å². The summed E-state index contributed by atoms with van der Waals surface area (Å²) in [6.45, 7) is 3.46. The minimum Gasteiger partial charge on any atom is -0.314 e. The summed E-state index contributed by atoms with van der Waals surface area (Å²) in [5, 5.41) is 3.77. The molecule has 3 rings (SSSR count). The van der Waals surface area contributed by atoms with E-state index in [1.165, 1.54) is 44.2 Å². The second kappa shape index (κ2) is 5.92. The van der Waals surface area contributed by atoms with E-state index >= 15 is 0 Å². The normalized spacial score (nSPS) is 30.1. The van der Waals surface area contributed by atoms with E-state index in [0.29, 0.717) is 0 Å². The Balaban J connectivity index is 1.43. The maximum absolute atomic E-state index is 3.77. The molecule has 1 heteroatoms. The molecule has 0 aliphatic heterocycles. The highest BCUT2D eigenvalue weighted by Crippen LogP contribution is 2.38. The number of nitrogens with one attached hydrogen (secondary N) is 1. The van der Waals surface area contributed by atoms with E-state index in [4.69, 9.17) is 0 Å². The molecule has 1 nitrogen and oxygen atoms in total. The minimum absolute atomic E-state index is 0.760. The number of rotatable bonds is 4. The van der Waals surface area contributed by atoms with Crippen LogP contribution in [0.1, 0.15) is 49.1 Å². The third kappa shape index (κ3) is 3.09. The average Bonchev–Trinajstić information content (AvgIpc) is 2.40. The van der Waals surface area contributed by atoms with Crippen LogP contribution in [0.2, 0.25) is 0 Å². The van der Waals surface area contributed by atoms with Gasteiger partial charge in [0.1, 0.15) is 0 Å². The molecule has 0 bridgehead atoms. The van der Waals surface area contributed by atoms with Crippen LogP contribution in [0.15, 0.2) is 36.4 Å². The first kappa shape index (κ1) is 12.9. The maximum atomic E-state index is 3.77. The van der Waals surface area contributed by atoms with Crippen molar-refractivity contribution in [2.75, 3.05) is 6.54 Å². The van der Waals surface area contributed by atoms with Gasteiger partial charge in [-0.3, -0.25) is 0 Å². The van der Waals surface area contributed by atoms with Gasteiger partial charge in [-0.05, 0) is 68.5 Å². The van der Waals surface area contributed by atoms with Crippen LogP contribution in [0.25, 0.3) is 0 Å². The maximum Gasteiger partial charge on any atom is 0.00788 e. The summed E-state index contributed by atoms with van der Waals surface area (Å²) in [5.41, 5.74) is 3.03. The average molecular weight is 255 g/mol. The summed E-state index contributed by atoms with van der Waals surface area (Å²) in [4.78, 5) is 0. The second-order valence-corrected chi connectivity index (χ2v) is 6.28. The zero-order valence-corrected chi connectivity index (χ0v) is 11.9. The molecule has 1 N–H and O–H groups in total. The predicted molar refractivity (Wildman–Crippen MR) is 81.4 cm³/mol. The first-order valence-electron chi connectivity index (χ1n) is 7.77. The van der Waals surface area contributed by atoms with Crippen LogP contribution in [0.4, 0.5) is 0 Å². The van der Waals surface area contributed by atoms with Crippen molar-refractivity contribution >= 4 is 0 Å². The van der Waals surface area contributed by atoms with Gasteiger partial charge in [-0.2, -0.15) is 0 Å². The van der Waals surface area contributed by atoms with E-state index in [2.05, 4.69) is 48.7 Å². The van der Waals surface area contributed by atoms with Gasteiger partial charge >= 0.3 is 0 Å². The van der Waals surface area contributed by atoms with E-state index in [-0.39, 0.29) is 0 Å². The van der Waals surface area contributed by atoms with E-state index in [0.717, 1.165) is 17.9 Å². The van der Waals surface area contributed by atoms with Crippen molar-refractivity contribution < 1.29 is 0 Å². The highest BCUT2D eigenvalue weighted by molar-refractivity contribution is 5.31. The Morgan fingerprint density at radius 1 is 1.16 bits per heavy atom. The molecule has 1 atom stereocenters. The summed E-state index contributed by atoms with van der Waals surface area (Å²) in [6.07, 6.45) is 11.3. The second-order valence-electron chi connectivity index (χ2n) is 6.28. The number of aryl methyl sites for hydroxylation is 1. The highest BCUT2D eigenvalue weighted by Gasteiger charge is 2.30. The van der Waals surface area contributed by atoms with Crippen LogP contribution in [-0.2, 0) is 0 Å². The van der Waals surface area contributed by atoms with Crippen LogP contribution >= 0.6 is 0 Å². The van der Waals surface area contributed by atoms with Gasteiger partial charge in [0.2, 0.25) is 0 Å². The fraction of sp³-hybridized carbons (Fsp3) is 0.556. The molecule has 0 saturated heterocycles. The van der Waals surface area contributed by atoms with Crippen LogP contribution < -0.4 is 5.32 Å². The third-order valence-electron chi connectivity index (χ3n) is 4.84. The SMILES string of the molecule is Cc1ccccc1C1CC(NCC2CC=CCC2)C1. The summed E-state index contributed by atoms with van der Waals surface area (Å²) < 4.78 is 0. The lowest BCUT2D eigenvalue weighted by Crippen LogP contribution is -2.42. The summed E-state index contributed by atoms with van der Waals surface area (Å²) in [7, 11) is 0. The number of hydrogen-bond donors (Lipinski definition) is 1. The van der Waals surface area contributed by atoms with Gasteiger partial charge in [-0.25, -0.2) is 0 Å². The number of hydrogen-bond acceptors (Lipinski definition) is 1. The van der Waals surface area contributed by atoms with E-state index in [9.17, 15) is 0 Å². The molecule has 0 spiro atoms. The molecule has 0 amide bonds. The monoisotopic (exact) mass is 255 g/mol. The Kier molecular flexibility index (Phi) is 4.03. The first-order valence-corrected chi connectivity index (χ1v) is 7.77. The standard InChI is InChI=1S/C18H25N/c1-14-7-5-6-10-18(14)16-11-17(12-16)19-13-15-8-3-2-4-9-15/h2-3,5-7,10,15-17,19H,4,8-9,11-13H2,1H3. The van der Waals surface area contributed by atoms with Crippen LogP contribution in [0, 0.1) is 12.8 Å². The largest absolute Gasteiger partial charge is 0.314 e. The van der Waals surface area contributed by atoms with Crippen molar-refractivity contribution in [1.82, 2.24) is 5.32 Å². The van der Waals surface area contributed by atoms with Gasteiger partial charge in [0.25, 0.3) is 0 Å². The molecule has 1 fully saturated rings. The van der Waals surface area contributed by atoms with Gasteiger partial charge in [0.15, 0.2) is 0 Å². The van der Waals surface area contributed by atoms with Crippen LogP contribution in [0.5, 0.6) is 0 Å². The summed E-state index contributed by atoms with van der Waals surface area (Å²) in [6, 6.07) is 9.63. The highest BCUT2D eigenvalue weighted by atomic mass is 14.9. The molecule has 1 saturated carbocycles. The number of allylic oxidation sites excluding steroid dienone is 2. The lowest BCUT2D eigenvalue weighted by Gasteiger charge is -2.38. The van der Waals surface area contributed by atoms with Gasteiger partial charge in [-0.15, -0.1) is 0 Å². The van der Waals surface area contributed by atoms with Crippen molar-refractivity contribution in [2.24, 2.45) is 5.92 Å². The molecular weight excluding hydrogens is 230 g/mol. The molecule has 2 aliphatic rings. The van der Waals surface area contributed by atoms with Crippen molar-refractivity contribution in [3.8, 4) is 0 Å². The van der Waals surface area contributed by atoms with E-state index < -0.39 is 0 Å². The Bertz CT molecular complexity index is 443. The van der Waals surface area contributed by atoms with E-state index in [1.54, 1.807) is 5.56 Å². The summed E-state index contributed by atoms with van der Waals surface area (Å²) in [5.74, 6) is 1.67. The minimum atomic E-state index is 0.760. The molecule has 19 heavy (non-hydrogen) atoms. The Morgan fingerprint density at radius 3 is 2.74 bits per heavy atom. The molecule has 0 heterocycles. The third-order valence-corrected chi connectivity index (χ3v) is 4.84. The molecule has 0 aromatic heterocycles. The van der Waals surface area contributed by atoms with E-state index in [1.807, 2.05) is 0 Å². The molecule has 102 valence electrons. The van der Waals surface area contributed by atoms with Crippen molar-refractivity contribution in [3.63, 3.8) is 0 Å². The molecule has 1 aromatic rings. The zero-order valence-electron chi connectivity index (χ0n) is 11.9.